The molecular formula is C14H20Cl2N2. The Morgan fingerprint density at radius 1 is 1.50 bits per heavy atom. The van der Waals surface area contributed by atoms with Gasteiger partial charge in [0, 0.05) is 6.20 Å². The Kier molecular flexibility index (Phi) is 6.69. The minimum atomic E-state index is 0.159. The minimum Gasteiger partial charge on any atom is -0.309 e. The topological polar surface area (TPSA) is 24.9 Å². The van der Waals surface area contributed by atoms with Crippen molar-refractivity contribution in [3.63, 3.8) is 0 Å². The highest BCUT2D eigenvalue weighted by molar-refractivity contribution is 6.34. The summed E-state index contributed by atoms with van der Waals surface area (Å²) >= 11 is 12.1. The Morgan fingerprint density at radius 3 is 2.78 bits per heavy atom. The maximum absolute atomic E-state index is 6.21. The first-order chi connectivity index (χ1) is 8.54. The number of nitrogens with one attached hydrogen (secondary N) is 1. The molecule has 0 saturated carbocycles. The second-order valence-electron chi connectivity index (χ2n) is 4.52. The summed E-state index contributed by atoms with van der Waals surface area (Å²) in [7, 11) is 0. The molecule has 1 unspecified atom stereocenters. The van der Waals surface area contributed by atoms with Crippen molar-refractivity contribution in [2.75, 3.05) is 6.54 Å². The van der Waals surface area contributed by atoms with Gasteiger partial charge in [-0.1, -0.05) is 35.7 Å². The molecule has 0 aliphatic heterocycles. The molecule has 0 spiro atoms. The number of nitrogens with zero attached hydrogens (tertiary/aromatic N) is 1. The largest absolute Gasteiger partial charge is 0.309 e. The van der Waals surface area contributed by atoms with Crippen LogP contribution in [0, 0.1) is 0 Å². The predicted octanol–water partition coefficient (Wildman–Crippen LogP) is 4.79. The van der Waals surface area contributed by atoms with Crippen LogP contribution in [0.4, 0.5) is 0 Å². The maximum atomic E-state index is 6.21. The lowest BCUT2D eigenvalue weighted by atomic mass is 10.0. The maximum Gasteiger partial charge on any atom is 0.0760 e. The van der Waals surface area contributed by atoms with Gasteiger partial charge in [0.1, 0.15) is 0 Å². The highest BCUT2D eigenvalue weighted by Crippen LogP contribution is 2.27. The van der Waals surface area contributed by atoms with Gasteiger partial charge < -0.3 is 5.32 Å². The van der Waals surface area contributed by atoms with E-state index in [-0.39, 0.29) is 6.04 Å². The van der Waals surface area contributed by atoms with E-state index in [4.69, 9.17) is 23.2 Å². The number of hydrogen-bond acceptors (Lipinski definition) is 2. The first-order valence-corrected chi connectivity index (χ1v) is 6.99. The molecule has 4 heteroatoms. The van der Waals surface area contributed by atoms with Crippen LogP contribution in [0.15, 0.2) is 24.4 Å². The van der Waals surface area contributed by atoms with Crippen LogP contribution in [-0.2, 0) is 0 Å². The lowest BCUT2D eigenvalue weighted by molar-refractivity contribution is 0.488. The SMILES string of the molecule is C=C(C)CCC(NCCC)c1ncc(Cl)cc1Cl. The van der Waals surface area contributed by atoms with Crippen LogP contribution in [0.1, 0.15) is 44.8 Å². The predicted molar refractivity (Wildman–Crippen MR) is 79.3 cm³/mol. The van der Waals surface area contributed by atoms with E-state index < -0.39 is 0 Å². The van der Waals surface area contributed by atoms with E-state index in [1.54, 1.807) is 12.3 Å². The fourth-order valence-electron chi connectivity index (χ4n) is 1.73. The van der Waals surface area contributed by atoms with Crippen molar-refractivity contribution in [2.24, 2.45) is 0 Å². The zero-order valence-corrected chi connectivity index (χ0v) is 12.5. The molecule has 0 amide bonds. The Labute approximate surface area is 119 Å². The van der Waals surface area contributed by atoms with Crippen LogP contribution in [-0.4, -0.2) is 11.5 Å². The molecule has 18 heavy (non-hydrogen) atoms. The van der Waals surface area contributed by atoms with Gasteiger partial charge in [-0.05, 0) is 38.8 Å². The first kappa shape index (κ1) is 15.5. The lowest BCUT2D eigenvalue weighted by Gasteiger charge is -2.19. The molecule has 0 saturated heterocycles. The number of hydrogen-bond donors (Lipinski definition) is 1. The Balaban J connectivity index is 2.82. The van der Waals surface area contributed by atoms with Crippen LogP contribution in [0.3, 0.4) is 0 Å². The molecule has 0 aromatic carbocycles. The van der Waals surface area contributed by atoms with Gasteiger partial charge in [0.2, 0.25) is 0 Å². The number of pyridine rings is 1. The Bertz CT molecular complexity index is 405. The standard InChI is InChI=1S/C14H20Cl2N2/c1-4-7-17-13(6-5-10(2)3)14-12(16)8-11(15)9-18-14/h8-9,13,17H,2,4-7H2,1,3H3. The summed E-state index contributed by atoms with van der Waals surface area (Å²) in [6.45, 7) is 9.06. The second kappa shape index (κ2) is 7.78. The van der Waals surface area contributed by atoms with E-state index >= 15 is 0 Å². The van der Waals surface area contributed by atoms with Crippen LogP contribution in [0.5, 0.6) is 0 Å². The van der Waals surface area contributed by atoms with Crippen molar-refractivity contribution in [3.8, 4) is 0 Å². The summed E-state index contributed by atoms with van der Waals surface area (Å²) < 4.78 is 0. The molecule has 0 fully saturated rings. The molecule has 1 aromatic heterocycles. The number of aromatic nitrogens is 1. The van der Waals surface area contributed by atoms with Crippen molar-refractivity contribution in [2.45, 2.75) is 39.2 Å². The molecule has 1 rings (SSSR count). The first-order valence-electron chi connectivity index (χ1n) is 6.23. The summed E-state index contributed by atoms with van der Waals surface area (Å²) in [5.74, 6) is 0. The average Bonchev–Trinajstić information content (AvgIpc) is 2.30. The molecule has 0 radical (unpaired) electrons. The average molecular weight is 287 g/mol. The van der Waals surface area contributed by atoms with Gasteiger partial charge >= 0.3 is 0 Å². The van der Waals surface area contributed by atoms with Crippen molar-refractivity contribution in [1.82, 2.24) is 10.3 Å². The van der Waals surface area contributed by atoms with E-state index in [0.29, 0.717) is 10.0 Å². The molecule has 1 aromatic rings. The molecule has 1 N–H and O–H groups in total. The number of halogens is 2. The molecule has 100 valence electrons. The van der Waals surface area contributed by atoms with Gasteiger partial charge in [0.25, 0.3) is 0 Å². The molecule has 0 bridgehead atoms. The molecule has 1 atom stereocenters. The van der Waals surface area contributed by atoms with E-state index in [0.717, 1.165) is 31.5 Å². The lowest BCUT2D eigenvalue weighted by Crippen LogP contribution is -2.23. The van der Waals surface area contributed by atoms with Crippen molar-refractivity contribution in [3.05, 3.63) is 40.2 Å². The Hall–Kier alpha value is -0.570. The molecule has 2 nitrogen and oxygen atoms in total. The molecule has 0 aliphatic carbocycles. The summed E-state index contributed by atoms with van der Waals surface area (Å²) in [6.07, 6.45) is 4.63. The zero-order chi connectivity index (χ0) is 13.5. The number of allylic oxidation sites excluding steroid dienone is 1. The zero-order valence-electron chi connectivity index (χ0n) is 11.0. The van der Waals surface area contributed by atoms with E-state index in [2.05, 4.69) is 23.8 Å². The van der Waals surface area contributed by atoms with Gasteiger partial charge in [0.05, 0.1) is 21.8 Å². The quantitative estimate of drug-likeness (QED) is 0.730. The highest BCUT2D eigenvalue weighted by Gasteiger charge is 2.15. The molecular weight excluding hydrogens is 267 g/mol. The summed E-state index contributed by atoms with van der Waals surface area (Å²) in [5.41, 5.74) is 2.04. The van der Waals surface area contributed by atoms with Gasteiger partial charge in [-0.25, -0.2) is 0 Å². The Morgan fingerprint density at radius 2 is 2.22 bits per heavy atom. The monoisotopic (exact) mass is 286 g/mol. The molecule has 1 heterocycles. The van der Waals surface area contributed by atoms with Crippen LogP contribution in [0.2, 0.25) is 10.0 Å². The summed E-state index contributed by atoms with van der Waals surface area (Å²) in [5, 5.41) is 4.66. The molecule has 0 aliphatic rings. The van der Waals surface area contributed by atoms with E-state index in [1.165, 1.54) is 5.57 Å². The minimum absolute atomic E-state index is 0.159. The normalized spacial score (nSPS) is 12.4. The number of rotatable bonds is 7. The second-order valence-corrected chi connectivity index (χ2v) is 5.37. The van der Waals surface area contributed by atoms with Gasteiger partial charge in [-0.2, -0.15) is 0 Å². The third kappa shape index (κ3) is 4.97. The summed E-state index contributed by atoms with van der Waals surface area (Å²) in [4.78, 5) is 4.35. The van der Waals surface area contributed by atoms with Crippen LogP contribution >= 0.6 is 23.2 Å². The van der Waals surface area contributed by atoms with Crippen molar-refractivity contribution in [1.29, 1.82) is 0 Å². The fourth-order valence-corrected chi connectivity index (χ4v) is 2.24. The van der Waals surface area contributed by atoms with Gasteiger partial charge in [-0.15, -0.1) is 6.58 Å². The van der Waals surface area contributed by atoms with E-state index in [9.17, 15) is 0 Å². The van der Waals surface area contributed by atoms with Crippen molar-refractivity contribution >= 4 is 23.2 Å². The third-order valence-corrected chi connectivity index (χ3v) is 3.18. The van der Waals surface area contributed by atoms with Crippen molar-refractivity contribution < 1.29 is 0 Å². The fraction of sp³-hybridized carbons (Fsp3) is 0.500. The van der Waals surface area contributed by atoms with Crippen LogP contribution in [0.25, 0.3) is 0 Å². The van der Waals surface area contributed by atoms with E-state index in [1.807, 2.05) is 6.92 Å². The summed E-state index contributed by atoms with van der Waals surface area (Å²) in [6, 6.07) is 1.90. The van der Waals surface area contributed by atoms with Crippen LogP contribution < -0.4 is 5.32 Å². The smallest absolute Gasteiger partial charge is 0.0760 e. The van der Waals surface area contributed by atoms with Gasteiger partial charge in [0.15, 0.2) is 0 Å². The van der Waals surface area contributed by atoms with Gasteiger partial charge in [-0.3, -0.25) is 4.98 Å². The highest BCUT2D eigenvalue weighted by atomic mass is 35.5. The third-order valence-electron chi connectivity index (χ3n) is 2.67.